The number of sulfone groups is 1. The van der Waals surface area contributed by atoms with Crippen LogP contribution in [0.2, 0.25) is 0 Å². The molecule has 1 atom stereocenters. The zero-order valence-electron chi connectivity index (χ0n) is 14.2. The summed E-state index contributed by atoms with van der Waals surface area (Å²) >= 11 is 1.01. The van der Waals surface area contributed by atoms with Gasteiger partial charge in [0.2, 0.25) is 5.91 Å². The van der Waals surface area contributed by atoms with Gasteiger partial charge in [0.25, 0.3) is 0 Å². The highest BCUT2D eigenvalue weighted by molar-refractivity contribution is 7.90. The van der Waals surface area contributed by atoms with Gasteiger partial charge >= 0.3 is 5.97 Å². The molecule has 0 saturated heterocycles. The second-order valence-electron chi connectivity index (χ2n) is 5.62. The van der Waals surface area contributed by atoms with Crippen molar-refractivity contribution in [2.24, 2.45) is 5.73 Å². The van der Waals surface area contributed by atoms with Crippen LogP contribution >= 0.6 is 11.3 Å². The standard InChI is InChI=1S/C14H23N3O5S2/c1-5-22-13(19)11-10(8(2)3)16-14(23-11)17-12(18)9(15)6-7-24(4,20)21/h8-9H,5-7,15H2,1-4H3,(H,16,17,18). The Labute approximate surface area is 145 Å². The predicted molar refractivity (Wildman–Crippen MR) is 93.1 cm³/mol. The normalized spacial score (nSPS) is 12.9. The maximum atomic E-state index is 12.0. The van der Waals surface area contributed by atoms with E-state index in [1.54, 1.807) is 6.92 Å². The minimum atomic E-state index is -3.19. The van der Waals surface area contributed by atoms with E-state index in [0.717, 1.165) is 17.6 Å². The van der Waals surface area contributed by atoms with E-state index in [-0.39, 0.29) is 29.8 Å². The molecule has 1 heterocycles. The van der Waals surface area contributed by atoms with Crippen molar-refractivity contribution in [2.75, 3.05) is 23.9 Å². The lowest BCUT2D eigenvalue weighted by atomic mass is 10.1. The minimum absolute atomic E-state index is 0.0117. The van der Waals surface area contributed by atoms with Crippen LogP contribution in [-0.2, 0) is 19.4 Å². The number of carbonyl (C=O) groups is 2. The molecule has 1 aromatic heterocycles. The summed E-state index contributed by atoms with van der Waals surface area (Å²) < 4.78 is 27.2. The molecular weight excluding hydrogens is 354 g/mol. The first-order valence-electron chi connectivity index (χ1n) is 7.47. The van der Waals surface area contributed by atoms with Crippen LogP contribution in [0.3, 0.4) is 0 Å². The lowest BCUT2D eigenvalue weighted by Crippen LogP contribution is -2.37. The Kier molecular flexibility index (Phi) is 7.30. The number of hydrogen-bond acceptors (Lipinski definition) is 8. The van der Waals surface area contributed by atoms with Crippen molar-refractivity contribution in [1.82, 2.24) is 4.98 Å². The van der Waals surface area contributed by atoms with E-state index in [0.29, 0.717) is 10.6 Å². The maximum Gasteiger partial charge on any atom is 0.350 e. The van der Waals surface area contributed by atoms with E-state index in [1.165, 1.54) is 0 Å². The van der Waals surface area contributed by atoms with Gasteiger partial charge in [0, 0.05) is 6.26 Å². The molecule has 0 aliphatic carbocycles. The van der Waals surface area contributed by atoms with Crippen molar-refractivity contribution in [2.45, 2.75) is 39.2 Å². The third-order valence-corrected chi connectivity index (χ3v) is 4.97. The van der Waals surface area contributed by atoms with Crippen LogP contribution in [0.25, 0.3) is 0 Å². The predicted octanol–water partition coefficient (Wildman–Crippen LogP) is 1.14. The SMILES string of the molecule is CCOC(=O)c1sc(NC(=O)C(N)CCS(C)(=O)=O)nc1C(C)C. The van der Waals surface area contributed by atoms with Gasteiger partial charge in [-0.3, -0.25) is 4.79 Å². The highest BCUT2D eigenvalue weighted by Gasteiger charge is 2.23. The molecule has 3 N–H and O–H groups in total. The van der Waals surface area contributed by atoms with Crippen molar-refractivity contribution in [3.05, 3.63) is 10.6 Å². The lowest BCUT2D eigenvalue weighted by molar-refractivity contribution is -0.117. The summed E-state index contributed by atoms with van der Waals surface area (Å²) in [5, 5.41) is 2.77. The molecule has 0 bridgehead atoms. The Hall–Kier alpha value is -1.52. The molecule has 0 fully saturated rings. The van der Waals surface area contributed by atoms with Gasteiger partial charge in [0.15, 0.2) is 5.13 Å². The van der Waals surface area contributed by atoms with Crippen LogP contribution in [0.1, 0.15) is 48.5 Å². The molecule has 24 heavy (non-hydrogen) atoms. The first-order valence-corrected chi connectivity index (χ1v) is 10.3. The van der Waals surface area contributed by atoms with E-state index in [1.807, 2.05) is 13.8 Å². The summed E-state index contributed by atoms with van der Waals surface area (Å²) in [7, 11) is -3.19. The molecule has 136 valence electrons. The number of amides is 1. The van der Waals surface area contributed by atoms with Gasteiger partial charge < -0.3 is 15.8 Å². The fraction of sp³-hybridized carbons (Fsp3) is 0.643. The van der Waals surface area contributed by atoms with Gasteiger partial charge in [0.05, 0.1) is 24.1 Å². The Morgan fingerprint density at radius 1 is 1.38 bits per heavy atom. The summed E-state index contributed by atoms with van der Waals surface area (Å²) in [6, 6.07) is -0.975. The fourth-order valence-electron chi connectivity index (χ4n) is 1.79. The molecule has 0 aliphatic rings. The molecule has 1 amide bonds. The number of esters is 1. The number of nitrogens with one attached hydrogen (secondary N) is 1. The molecule has 10 heteroatoms. The van der Waals surface area contributed by atoms with Crippen LogP contribution in [0.4, 0.5) is 5.13 Å². The van der Waals surface area contributed by atoms with Crippen LogP contribution in [0.5, 0.6) is 0 Å². The van der Waals surface area contributed by atoms with E-state index in [9.17, 15) is 18.0 Å². The molecular formula is C14H23N3O5S2. The number of nitrogens with zero attached hydrogens (tertiary/aromatic N) is 1. The van der Waals surface area contributed by atoms with Crippen LogP contribution in [0.15, 0.2) is 0 Å². The Morgan fingerprint density at radius 2 is 2.00 bits per heavy atom. The molecule has 0 spiro atoms. The average molecular weight is 377 g/mol. The number of aromatic nitrogens is 1. The van der Waals surface area contributed by atoms with Gasteiger partial charge in [-0.05, 0) is 19.3 Å². The second kappa shape index (κ2) is 8.54. The molecule has 0 radical (unpaired) electrons. The third kappa shape index (κ3) is 6.17. The molecule has 0 aromatic carbocycles. The molecule has 1 rings (SSSR count). The summed E-state index contributed by atoms with van der Waals surface area (Å²) in [5.74, 6) is -1.23. The molecule has 1 aromatic rings. The third-order valence-electron chi connectivity index (χ3n) is 3.03. The molecule has 1 unspecified atom stereocenters. The minimum Gasteiger partial charge on any atom is -0.462 e. The van der Waals surface area contributed by atoms with E-state index in [4.69, 9.17) is 10.5 Å². The first-order chi connectivity index (χ1) is 11.0. The molecule has 8 nitrogen and oxygen atoms in total. The van der Waals surface area contributed by atoms with Crippen molar-refractivity contribution in [3.63, 3.8) is 0 Å². The van der Waals surface area contributed by atoms with Gasteiger partial charge in [-0.1, -0.05) is 25.2 Å². The van der Waals surface area contributed by atoms with Gasteiger partial charge in [-0.25, -0.2) is 18.2 Å². The number of rotatable bonds is 8. The second-order valence-corrected chi connectivity index (χ2v) is 8.88. The van der Waals surface area contributed by atoms with Gasteiger partial charge in [0.1, 0.15) is 14.7 Å². The van der Waals surface area contributed by atoms with Crippen LogP contribution < -0.4 is 11.1 Å². The Bertz CT molecular complexity index is 697. The smallest absolute Gasteiger partial charge is 0.350 e. The number of hydrogen-bond donors (Lipinski definition) is 2. The summed E-state index contributed by atoms with van der Waals surface area (Å²) in [4.78, 5) is 28.6. The van der Waals surface area contributed by atoms with E-state index >= 15 is 0 Å². The number of thiazole rings is 1. The molecule has 0 aliphatic heterocycles. The number of ether oxygens (including phenoxy) is 1. The first kappa shape index (κ1) is 20.5. The number of nitrogens with two attached hydrogens (primary N) is 1. The zero-order chi connectivity index (χ0) is 18.5. The number of anilines is 1. The average Bonchev–Trinajstić information content (AvgIpc) is 2.88. The summed E-state index contributed by atoms with van der Waals surface area (Å²) in [6.45, 7) is 5.70. The fourth-order valence-corrected chi connectivity index (χ4v) is 3.49. The van der Waals surface area contributed by atoms with Crippen molar-refractivity contribution in [3.8, 4) is 0 Å². The highest BCUT2D eigenvalue weighted by Crippen LogP contribution is 2.29. The van der Waals surface area contributed by atoms with E-state index in [2.05, 4.69) is 10.3 Å². The lowest BCUT2D eigenvalue weighted by Gasteiger charge is -2.09. The largest absolute Gasteiger partial charge is 0.462 e. The number of carbonyl (C=O) groups excluding carboxylic acids is 2. The quantitative estimate of drug-likeness (QED) is 0.650. The Morgan fingerprint density at radius 3 is 2.50 bits per heavy atom. The van der Waals surface area contributed by atoms with Crippen LogP contribution in [0, 0.1) is 0 Å². The van der Waals surface area contributed by atoms with Gasteiger partial charge in [-0.2, -0.15) is 0 Å². The van der Waals surface area contributed by atoms with Crippen molar-refractivity contribution in [1.29, 1.82) is 0 Å². The van der Waals surface area contributed by atoms with Crippen molar-refractivity contribution >= 4 is 38.2 Å². The zero-order valence-corrected chi connectivity index (χ0v) is 15.8. The molecule has 0 saturated carbocycles. The summed E-state index contributed by atoms with van der Waals surface area (Å²) in [6.07, 6.45) is 1.09. The highest BCUT2D eigenvalue weighted by atomic mass is 32.2. The monoisotopic (exact) mass is 377 g/mol. The van der Waals surface area contributed by atoms with Gasteiger partial charge in [-0.15, -0.1) is 0 Å². The van der Waals surface area contributed by atoms with E-state index < -0.39 is 27.8 Å². The van der Waals surface area contributed by atoms with Crippen LogP contribution in [-0.4, -0.2) is 49.9 Å². The topological polar surface area (TPSA) is 128 Å². The van der Waals surface area contributed by atoms with Crippen molar-refractivity contribution < 1.29 is 22.7 Å². The maximum absolute atomic E-state index is 12.0. The summed E-state index contributed by atoms with van der Waals surface area (Å²) in [5.41, 5.74) is 6.23. The Balaban J connectivity index is 2.85.